The zero-order valence-electron chi connectivity index (χ0n) is 14.5. The number of hydrogen-bond acceptors (Lipinski definition) is 4. The lowest BCUT2D eigenvalue weighted by Gasteiger charge is -2.05. The molecule has 0 spiro atoms. The van der Waals surface area contributed by atoms with E-state index in [2.05, 4.69) is 6.92 Å². The van der Waals surface area contributed by atoms with Gasteiger partial charge in [0.05, 0.1) is 13.2 Å². The summed E-state index contributed by atoms with van der Waals surface area (Å²) in [6.07, 6.45) is 11.4. The highest BCUT2D eigenvalue weighted by molar-refractivity contribution is 5.69. The van der Waals surface area contributed by atoms with Gasteiger partial charge in [0.1, 0.15) is 0 Å². The quantitative estimate of drug-likeness (QED) is 0.322. The summed E-state index contributed by atoms with van der Waals surface area (Å²) in [6, 6.07) is 0. The molecule has 0 heterocycles. The molecule has 0 saturated carbocycles. The minimum atomic E-state index is -0.132. The first-order chi connectivity index (χ1) is 10.7. The molecule has 0 amide bonds. The number of esters is 2. The molecule has 0 aliphatic carbocycles. The molecule has 0 rings (SSSR count). The Bertz CT molecular complexity index is 276. The largest absolute Gasteiger partial charge is 0.466 e. The van der Waals surface area contributed by atoms with E-state index in [1.54, 1.807) is 0 Å². The summed E-state index contributed by atoms with van der Waals surface area (Å²) in [4.78, 5) is 22.8. The zero-order valence-corrected chi connectivity index (χ0v) is 14.5. The van der Waals surface area contributed by atoms with Crippen molar-refractivity contribution >= 4 is 11.9 Å². The van der Waals surface area contributed by atoms with E-state index in [4.69, 9.17) is 9.47 Å². The third-order valence-electron chi connectivity index (χ3n) is 3.49. The summed E-state index contributed by atoms with van der Waals surface area (Å²) in [7, 11) is 0. The van der Waals surface area contributed by atoms with Crippen LogP contribution < -0.4 is 0 Å². The van der Waals surface area contributed by atoms with Crippen molar-refractivity contribution in [2.45, 2.75) is 90.9 Å². The molecular weight excluding hydrogens is 280 g/mol. The van der Waals surface area contributed by atoms with Crippen LogP contribution in [-0.4, -0.2) is 25.2 Å². The van der Waals surface area contributed by atoms with E-state index in [-0.39, 0.29) is 11.9 Å². The second kappa shape index (κ2) is 16.3. The second-order valence-corrected chi connectivity index (χ2v) is 5.77. The Morgan fingerprint density at radius 1 is 0.591 bits per heavy atom. The molecule has 0 aromatic heterocycles. The van der Waals surface area contributed by atoms with Gasteiger partial charge in [-0.15, -0.1) is 0 Å². The van der Waals surface area contributed by atoms with Gasteiger partial charge in [-0.25, -0.2) is 0 Å². The number of unbranched alkanes of at least 4 members (excludes halogenated alkanes) is 7. The summed E-state index contributed by atoms with van der Waals surface area (Å²) in [6.45, 7) is 5.23. The molecule has 0 atom stereocenters. The van der Waals surface area contributed by atoms with Gasteiger partial charge >= 0.3 is 11.9 Å². The van der Waals surface area contributed by atoms with E-state index in [0.717, 1.165) is 38.5 Å². The SMILES string of the molecule is CCCCCCCCOC(=O)CCCCCC(=O)OCCC. The van der Waals surface area contributed by atoms with Crippen LogP contribution in [0.25, 0.3) is 0 Å². The van der Waals surface area contributed by atoms with E-state index in [1.165, 1.54) is 25.7 Å². The highest BCUT2D eigenvalue weighted by Crippen LogP contribution is 2.07. The minimum Gasteiger partial charge on any atom is -0.466 e. The van der Waals surface area contributed by atoms with Crippen molar-refractivity contribution in [1.29, 1.82) is 0 Å². The Labute approximate surface area is 135 Å². The minimum absolute atomic E-state index is 0.109. The maximum Gasteiger partial charge on any atom is 0.305 e. The smallest absolute Gasteiger partial charge is 0.305 e. The summed E-state index contributed by atoms with van der Waals surface area (Å²) in [5.41, 5.74) is 0. The first kappa shape index (κ1) is 20.9. The lowest BCUT2D eigenvalue weighted by Crippen LogP contribution is -2.06. The highest BCUT2D eigenvalue weighted by Gasteiger charge is 2.05. The highest BCUT2D eigenvalue weighted by atomic mass is 16.5. The topological polar surface area (TPSA) is 52.6 Å². The van der Waals surface area contributed by atoms with Crippen molar-refractivity contribution in [3.8, 4) is 0 Å². The van der Waals surface area contributed by atoms with Crippen molar-refractivity contribution in [3.05, 3.63) is 0 Å². The monoisotopic (exact) mass is 314 g/mol. The summed E-state index contributed by atoms with van der Waals surface area (Å²) in [5, 5.41) is 0. The molecule has 0 saturated heterocycles. The van der Waals surface area contributed by atoms with Gasteiger partial charge in [-0.05, 0) is 25.7 Å². The van der Waals surface area contributed by atoms with Gasteiger partial charge < -0.3 is 9.47 Å². The fraction of sp³-hybridized carbons (Fsp3) is 0.889. The first-order valence-corrected chi connectivity index (χ1v) is 9.02. The molecule has 0 radical (unpaired) electrons. The standard InChI is InChI=1S/C18H34O4/c1-3-5-6-7-8-12-16-22-18(20)14-11-9-10-13-17(19)21-15-4-2/h3-16H2,1-2H3. The average Bonchev–Trinajstić information content (AvgIpc) is 2.51. The van der Waals surface area contributed by atoms with Gasteiger partial charge in [-0.2, -0.15) is 0 Å². The van der Waals surface area contributed by atoms with Crippen molar-refractivity contribution in [1.82, 2.24) is 0 Å². The molecule has 130 valence electrons. The summed E-state index contributed by atoms with van der Waals surface area (Å²) >= 11 is 0. The summed E-state index contributed by atoms with van der Waals surface area (Å²) in [5.74, 6) is -0.241. The van der Waals surface area contributed by atoms with E-state index in [9.17, 15) is 9.59 Å². The Kier molecular flexibility index (Phi) is 15.5. The van der Waals surface area contributed by atoms with Gasteiger partial charge in [0.15, 0.2) is 0 Å². The van der Waals surface area contributed by atoms with Crippen LogP contribution in [0.2, 0.25) is 0 Å². The predicted molar refractivity (Wildman–Crippen MR) is 88.7 cm³/mol. The Balaban J connectivity index is 3.27. The first-order valence-electron chi connectivity index (χ1n) is 9.02. The molecule has 0 N–H and O–H groups in total. The molecule has 0 aromatic carbocycles. The molecule has 0 bridgehead atoms. The maximum atomic E-state index is 11.5. The third kappa shape index (κ3) is 15.3. The van der Waals surface area contributed by atoms with Crippen LogP contribution in [-0.2, 0) is 19.1 Å². The number of ether oxygens (including phenoxy) is 2. The normalized spacial score (nSPS) is 10.5. The predicted octanol–water partition coefficient (Wildman–Crippen LogP) is 4.79. The molecular formula is C18H34O4. The van der Waals surface area contributed by atoms with Crippen LogP contribution in [0.15, 0.2) is 0 Å². The van der Waals surface area contributed by atoms with Gasteiger partial charge in [0, 0.05) is 12.8 Å². The molecule has 0 aromatic rings. The van der Waals surface area contributed by atoms with Crippen LogP contribution in [0.1, 0.15) is 90.9 Å². The molecule has 0 unspecified atom stereocenters. The lowest BCUT2D eigenvalue weighted by atomic mass is 10.1. The van der Waals surface area contributed by atoms with Gasteiger partial charge in [-0.1, -0.05) is 52.4 Å². The Morgan fingerprint density at radius 3 is 1.68 bits per heavy atom. The van der Waals surface area contributed by atoms with E-state index >= 15 is 0 Å². The van der Waals surface area contributed by atoms with Crippen LogP contribution in [0.4, 0.5) is 0 Å². The lowest BCUT2D eigenvalue weighted by molar-refractivity contribution is -0.144. The number of hydrogen-bond donors (Lipinski definition) is 0. The van der Waals surface area contributed by atoms with Crippen LogP contribution in [0, 0.1) is 0 Å². The fourth-order valence-corrected chi connectivity index (χ4v) is 2.14. The van der Waals surface area contributed by atoms with Gasteiger partial charge in [0.2, 0.25) is 0 Å². The van der Waals surface area contributed by atoms with Crippen LogP contribution in [0.3, 0.4) is 0 Å². The number of carbonyl (C=O) groups is 2. The number of rotatable bonds is 15. The van der Waals surface area contributed by atoms with Crippen molar-refractivity contribution in [2.75, 3.05) is 13.2 Å². The molecule has 0 fully saturated rings. The molecule has 4 nitrogen and oxygen atoms in total. The molecule has 4 heteroatoms. The maximum absolute atomic E-state index is 11.5. The van der Waals surface area contributed by atoms with E-state index < -0.39 is 0 Å². The number of carbonyl (C=O) groups excluding carboxylic acids is 2. The van der Waals surface area contributed by atoms with E-state index in [0.29, 0.717) is 26.1 Å². The molecule has 0 aliphatic rings. The van der Waals surface area contributed by atoms with Crippen LogP contribution in [0.5, 0.6) is 0 Å². The van der Waals surface area contributed by atoms with Gasteiger partial charge in [0.25, 0.3) is 0 Å². The fourth-order valence-electron chi connectivity index (χ4n) is 2.14. The average molecular weight is 314 g/mol. The summed E-state index contributed by atoms with van der Waals surface area (Å²) < 4.78 is 10.2. The van der Waals surface area contributed by atoms with Crippen molar-refractivity contribution in [3.63, 3.8) is 0 Å². The third-order valence-corrected chi connectivity index (χ3v) is 3.49. The molecule has 0 aliphatic heterocycles. The Morgan fingerprint density at radius 2 is 1.09 bits per heavy atom. The zero-order chi connectivity index (χ0) is 16.5. The van der Waals surface area contributed by atoms with Crippen LogP contribution >= 0.6 is 0 Å². The second-order valence-electron chi connectivity index (χ2n) is 5.77. The molecule has 22 heavy (non-hydrogen) atoms. The van der Waals surface area contributed by atoms with Crippen molar-refractivity contribution < 1.29 is 19.1 Å². The van der Waals surface area contributed by atoms with Gasteiger partial charge in [-0.3, -0.25) is 9.59 Å². The van der Waals surface area contributed by atoms with Crippen molar-refractivity contribution in [2.24, 2.45) is 0 Å². The van der Waals surface area contributed by atoms with E-state index in [1.807, 2.05) is 6.92 Å². The Hall–Kier alpha value is -1.06.